The molecule has 0 saturated carbocycles. The molecular formula is C10H8N2S. The Morgan fingerprint density at radius 1 is 1.38 bits per heavy atom. The van der Waals surface area contributed by atoms with Crippen LogP contribution in [0.4, 0.5) is 0 Å². The molecule has 0 aliphatic rings. The van der Waals surface area contributed by atoms with Gasteiger partial charge in [0.2, 0.25) is 16.5 Å². The van der Waals surface area contributed by atoms with Crippen LogP contribution in [0.15, 0.2) is 42.1 Å². The number of allylic oxidation sites excluding steroid dienone is 1. The number of aromatic nitrogens is 2. The van der Waals surface area contributed by atoms with Gasteiger partial charge < -0.3 is 9.97 Å². The van der Waals surface area contributed by atoms with Gasteiger partial charge in [-0.1, -0.05) is 30.8 Å². The van der Waals surface area contributed by atoms with Crippen LogP contribution in [0.1, 0.15) is 0 Å². The second-order valence-corrected chi connectivity index (χ2v) is 3.36. The molecule has 0 radical (unpaired) electrons. The molecule has 0 atom stereocenters. The van der Waals surface area contributed by atoms with Gasteiger partial charge in [0.05, 0.1) is 0 Å². The molecular weight excluding hydrogens is 180 g/mol. The molecule has 0 aliphatic carbocycles. The Bertz CT molecular complexity index is 424. The number of nitrogens with zero attached hydrogens (tertiary/aromatic N) is 2. The highest BCUT2D eigenvalue weighted by molar-refractivity contribution is 7.77. The average molecular weight is 188 g/mol. The monoisotopic (exact) mass is 188 g/mol. The summed E-state index contributed by atoms with van der Waals surface area (Å²) in [5.41, 5.74) is 1.89. The van der Waals surface area contributed by atoms with Gasteiger partial charge in [-0.25, -0.2) is 0 Å². The molecule has 0 spiro atoms. The van der Waals surface area contributed by atoms with Crippen LogP contribution in [-0.2, 0) is 11.4 Å². The molecule has 1 aromatic heterocycles. The molecule has 13 heavy (non-hydrogen) atoms. The second kappa shape index (κ2) is 3.49. The molecule has 0 saturated heterocycles. The fourth-order valence-corrected chi connectivity index (χ4v) is 1.57. The topological polar surface area (TPSA) is 27.0 Å². The lowest BCUT2D eigenvalue weighted by Gasteiger charge is -1.88. The highest BCUT2D eigenvalue weighted by Gasteiger charge is 1.96. The molecule has 64 valence electrons. The summed E-state index contributed by atoms with van der Waals surface area (Å²) in [6.07, 6.45) is 1.73. The summed E-state index contributed by atoms with van der Waals surface area (Å²) in [4.78, 5) is 8.65. The number of hydrogen-bond donors (Lipinski definition) is 0. The van der Waals surface area contributed by atoms with Crippen molar-refractivity contribution in [3.63, 3.8) is 0 Å². The Kier molecular flexibility index (Phi) is 2.19. The molecule has 0 unspecified atom stereocenters. The van der Waals surface area contributed by atoms with Crippen LogP contribution in [-0.4, -0.2) is 10.4 Å². The van der Waals surface area contributed by atoms with Gasteiger partial charge in [-0.15, -0.1) is 0 Å². The number of benzene rings is 1. The van der Waals surface area contributed by atoms with Gasteiger partial charge >= 0.3 is 0 Å². The molecule has 2 aromatic rings. The van der Waals surface area contributed by atoms with Crippen molar-refractivity contribution in [2.45, 2.75) is 5.16 Å². The van der Waals surface area contributed by atoms with Gasteiger partial charge in [0.15, 0.2) is 5.37 Å². The third kappa shape index (κ3) is 1.65. The molecule has 0 aliphatic heterocycles. The first-order valence-corrected chi connectivity index (χ1v) is 4.78. The third-order valence-electron chi connectivity index (χ3n) is 1.58. The Labute approximate surface area is 80.3 Å². The van der Waals surface area contributed by atoms with Crippen LogP contribution in [0, 0.1) is 0 Å². The molecule has 1 aromatic carbocycles. The first kappa shape index (κ1) is 8.13. The lowest BCUT2D eigenvalue weighted by atomic mass is 10.3. The van der Waals surface area contributed by atoms with E-state index in [0.717, 1.165) is 16.2 Å². The van der Waals surface area contributed by atoms with E-state index in [9.17, 15) is 0 Å². The number of rotatable bonds is 2. The zero-order chi connectivity index (χ0) is 9.10. The minimum Gasteiger partial charge on any atom is -0.384 e. The van der Waals surface area contributed by atoms with E-state index in [4.69, 9.17) is 0 Å². The third-order valence-corrected chi connectivity index (χ3v) is 2.31. The largest absolute Gasteiger partial charge is 0.384 e. The van der Waals surface area contributed by atoms with Gasteiger partial charge in [0, 0.05) is 0 Å². The quantitative estimate of drug-likeness (QED) is 0.407. The summed E-state index contributed by atoms with van der Waals surface area (Å²) in [7, 11) is 0. The maximum absolute atomic E-state index is 4.32. The second-order valence-electron chi connectivity index (χ2n) is 2.48. The van der Waals surface area contributed by atoms with Crippen LogP contribution in [0.5, 0.6) is 0 Å². The zero-order valence-electron chi connectivity index (χ0n) is 6.97. The normalized spacial score (nSPS) is 11.1. The van der Waals surface area contributed by atoms with Crippen LogP contribution < -0.4 is 4.98 Å². The fraction of sp³-hybridized carbons (Fsp3) is 0. The zero-order valence-corrected chi connectivity index (χ0v) is 7.79. The van der Waals surface area contributed by atoms with Crippen LogP contribution >= 0.6 is 0 Å². The van der Waals surface area contributed by atoms with Crippen molar-refractivity contribution in [3.8, 4) is 0 Å². The van der Waals surface area contributed by atoms with Crippen molar-refractivity contribution in [1.82, 2.24) is 9.97 Å². The van der Waals surface area contributed by atoms with Crippen molar-refractivity contribution in [2.24, 2.45) is 0 Å². The summed E-state index contributed by atoms with van der Waals surface area (Å²) in [6.45, 7) is 3.60. The first-order valence-electron chi connectivity index (χ1n) is 3.90. The van der Waals surface area contributed by atoms with Gasteiger partial charge in [-0.3, -0.25) is 0 Å². The first-order chi connectivity index (χ1) is 6.40. The van der Waals surface area contributed by atoms with Gasteiger partial charge in [-0.05, 0) is 17.1 Å². The molecule has 0 bridgehead atoms. The number of para-hydroxylation sites is 2. The van der Waals surface area contributed by atoms with E-state index in [1.807, 2.05) is 29.6 Å². The number of imidazole rings is 1. The van der Waals surface area contributed by atoms with E-state index >= 15 is 0 Å². The molecule has 2 rings (SSSR count). The summed E-state index contributed by atoms with van der Waals surface area (Å²) in [5, 5.41) is 2.65. The predicted octanol–water partition coefficient (Wildman–Crippen LogP) is 1.62. The molecule has 2 nitrogen and oxygen atoms in total. The summed E-state index contributed by atoms with van der Waals surface area (Å²) in [5.74, 6) is 0. The minimum atomic E-state index is 0.779. The van der Waals surface area contributed by atoms with E-state index in [2.05, 4.69) is 16.5 Å². The lowest BCUT2D eigenvalue weighted by molar-refractivity contribution is 1.07. The van der Waals surface area contributed by atoms with Crippen molar-refractivity contribution in [2.75, 3.05) is 0 Å². The lowest BCUT2D eigenvalue weighted by Crippen LogP contribution is -1.80. The Balaban J connectivity index is 2.49. The van der Waals surface area contributed by atoms with Gasteiger partial charge in [0.1, 0.15) is 0 Å². The van der Waals surface area contributed by atoms with Gasteiger partial charge in [0.25, 0.3) is 0 Å². The predicted molar refractivity (Wildman–Crippen MR) is 57.0 cm³/mol. The SMILES string of the molecule is C=CC=[S+]c1nc2ccccc2[n-]1. The Morgan fingerprint density at radius 3 is 3.00 bits per heavy atom. The fourth-order valence-electron chi connectivity index (χ4n) is 1.05. The van der Waals surface area contributed by atoms with E-state index < -0.39 is 0 Å². The van der Waals surface area contributed by atoms with E-state index in [0.29, 0.717) is 0 Å². The Hall–Kier alpha value is -1.48. The van der Waals surface area contributed by atoms with E-state index in [1.54, 1.807) is 6.08 Å². The molecule has 1 heterocycles. The highest BCUT2D eigenvalue weighted by atomic mass is 32.1. The molecule has 0 fully saturated rings. The van der Waals surface area contributed by atoms with E-state index in [-0.39, 0.29) is 0 Å². The Morgan fingerprint density at radius 2 is 2.23 bits per heavy atom. The van der Waals surface area contributed by atoms with Crippen molar-refractivity contribution >= 4 is 27.8 Å². The van der Waals surface area contributed by atoms with Crippen molar-refractivity contribution in [1.29, 1.82) is 0 Å². The molecule has 0 N–H and O–H groups in total. The summed E-state index contributed by atoms with van der Waals surface area (Å²) in [6, 6.07) is 7.84. The molecule has 0 amide bonds. The van der Waals surface area contributed by atoms with Crippen LogP contribution in [0.2, 0.25) is 0 Å². The standard InChI is InChI=1S/C10H8N2S/c1-2-7-13-10-11-8-5-3-4-6-9(8)12-10/h2-7H,1H2. The van der Waals surface area contributed by atoms with E-state index in [1.165, 1.54) is 11.4 Å². The summed E-state index contributed by atoms with van der Waals surface area (Å²) < 4.78 is 0. The number of fused-ring (bicyclic) bond motifs is 1. The summed E-state index contributed by atoms with van der Waals surface area (Å²) >= 11 is 1.48. The van der Waals surface area contributed by atoms with Gasteiger partial charge in [-0.2, -0.15) is 0 Å². The maximum atomic E-state index is 4.32. The smallest absolute Gasteiger partial charge is 0.222 e. The maximum Gasteiger partial charge on any atom is 0.222 e. The highest BCUT2D eigenvalue weighted by Crippen LogP contribution is 2.08. The minimum absolute atomic E-state index is 0.779. The van der Waals surface area contributed by atoms with Crippen molar-refractivity contribution in [3.05, 3.63) is 36.9 Å². The number of hydrogen-bond acceptors (Lipinski definition) is 1. The van der Waals surface area contributed by atoms with Crippen LogP contribution in [0.3, 0.4) is 0 Å². The molecule has 3 heteroatoms. The van der Waals surface area contributed by atoms with Crippen LogP contribution in [0.25, 0.3) is 11.0 Å². The average Bonchev–Trinajstić information content (AvgIpc) is 2.57. The van der Waals surface area contributed by atoms with Crippen molar-refractivity contribution < 1.29 is 0 Å².